The normalized spacial score (nSPS) is 20.7. The average Bonchev–Trinajstić information content (AvgIpc) is 2.44. The predicted molar refractivity (Wildman–Crippen MR) is 64.0 cm³/mol. The van der Waals surface area contributed by atoms with E-state index in [1.54, 1.807) is 0 Å². The number of hydrogen-bond acceptors (Lipinski definition) is 2. The number of rotatable bonds is 1. The Bertz CT molecular complexity index is 387. The molecule has 0 fully saturated rings. The van der Waals surface area contributed by atoms with Gasteiger partial charge in [0.15, 0.2) is 0 Å². The molecule has 0 saturated carbocycles. The summed E-state index contributed by atoms with van der Waals surface area (Å²) in [6.07, 6.45) is 3.41. The standard InChI is InChI=1S/C13H18N2/c1-9-7-10(2)14-13(8-9)15-11(3)5-6-12(15)4/h5,7-8,12H,6H2,1-4H3. The minimum absolute atomic E-state index is 0.540. The Morgan fingerprint density at radius 2 is 2.00 bits per heavy atom. The van der Waals surface area contributed by atoms with Crippen molar-refractivity contribution in [2.24, 2.45) is 0 Å². The van der Waals surface area contributed by atoms with Crippen LogP contribution < -0.4 is 4.90 Å². The third-order valence-corrected chi connectivity index (χ3v) is 2.91. The Morgan fingerprint density at radius 1 is 1.27 bits per heavy atom. The van der Waals surface area contributed by atoms with Gasteiger partial charge in [-0.05, 0) is 51.8 Å². The number of pyridine rings is 1. The van der Waals surface area contributed by atoms with Gasteiger partial charge in [-0.1, -0.05) is 6.08 Å². The van der Waals surface area contributed by atoms with Crippen LogP contribution >= 0.6 is 0 Å². The van der Waals surface area contributed by atoms with Crippen molar-refractivity contribution in [1.29, 1.82) is 0 Å². The molecule has 1 aromatic heterocycles. The maximum absolute atomic E-state index is 4.60. The molecule has 0 amide bonds. The second-order valence-electron chi connectivity index (χ2n) is 4.44. The molecule has 1 aromatic rings. The molecule has 2 rings (SSSR count). The number of aromatic nitrogens is 1. The average molecular weight is 202 g/mol. The van der Waals surface area contributed by atoms with Gasteiger partial charge in [-0.2, -0.15) is 0 Å². The van der Waals surface area contributed by atoms with E-state index in [2.05, 4.69) is 55.8 Å². The summed E-state index contributed by atoms with van der Waals surface area (Å²) in [6.45, 7) is 8.57. The number of anilines is 1. The molecule has 0 aromatic carbocycles. The Morgan fingerprint density at radius 3 is 2.53 bits per heavy atom. The van der Waals surface area contributed by atoms with Crippen molar-refractivity contribution in [2.75, 3.05) is 4.90 Å². The van der Waals surface area contributed by atoms with Gasteiger partial charge < -0.3 is 4.90 Å². The molecule has 2 heteroatoms. The van der Waals surface area contributed by atoms with Crippen molar-refractivity contribution < 1.29 is 0 Å². The summed E-state index contributed by atoms with van der Waals surface area (Å²) in [6, 6.07) is 4.81. The quantitative estimate of drug-likeness (QED) is 0.695. The van der Waals surface area contributed by atoms with Crippen LogP contribution in [0.3, 0.4) is 0 Å². The highest BCUT2D eigenvalue weighted by atomic mass is 15.2. The summed E-state index contributed by atoms with van der Waals surface area (Å²) < 4.78 is 0. The zero-order chi connectivity index (χ0) is 11.0. The van der Waals surface area contributed by atoms with Gasteiger partial charge >= 0.3 is 0 Å². The van der Waals surface area contributed by atoms with Crippen LogP contribution in [-0.2, 0) is 0 Å². The minimum atomic E-state index is 0.540. The van der Waals surface area contributed by atoms with Crippen molar-refractivity contribution in [1.82, 2.24) is 4.98 Å². The topological polar surface area (TPSA) is 16.1 Å². The third-order valence-electron chi connectivity index (χ3n) is 2.91. The summed E-state index contributed by atoms with van der Waals surface area (Å²) in [5.41, 5.74) is 3.70. The molecule has 2 heterocycles. The first-order valence-electron chi connectivity index (χ1n) is 5.49. The maximum Gasteiger partial charge on any atom is 0.133 e. The van der Waals surface area contributed by atoms with Gasteiger partial charge in [-0.3, -0.25) is 0 Å². The molecule has 0 N–H and O–H groups in total. The van der Waals surface area contributed by atoms with Gasteiger partial charge in [0.05, 0.1) is 0 Å². The van der Waals surface area contributed by atoms with Crippen LogP contribution in [0.15, 0.2) is 23.9 Å². The van der Waals surface area contributed by atoms with E-state index < -0.39 is 0 Å². The molecule has 0 bridgehead atoms. The molecule has 15 heavy (non-hydrogen) atoms. The van der Waals surface area contributed by atoms with E-state index in [1.807, 2.05) is 0 Å². The van der Waals surface area contributed by atoms with Crippen molar-refractivity contribution in [2.45, 2.75) is 40.2 Å². The van der Waals surface area contributed by atoms with E-state index in [9.17, 15) is 0 Å². The second kappa shape index (κ2) is 3.69. The summed E-state index contributed by atoms with van der Waals surface area (Å²) >= 11 is 0. The van der Waals surface area contributed by atoms with Crippen molar-refractivity contribution in [3.63, 3.8) is 0 Å². The van der Waals surface area contributed by atoms with Crippen LogP contribution in [0.5, 0.6) is 0 Å². The van der Waals surface area contributed by atoms with Crippen LogP contribution in [0.25, 0.3) is 0 Å². The highest BCUT2D eigenvalue weighted by Crippen LogP contribution is 2.28. The lowest BCUT2D eigenvalue weighted by Crippen LogP contribution is -2.27. The Hall–Kier alpha value is -1.31. The van der Waals surface area contributed by atoms with Gasteiger partial charge in [0.25, 0.3) is 0 Å². The molecular formula is C13H18N2. The lowest BCUT2D eigenvalue weighted by Gasteiger charge is -2.25. The number of nitrogens with zero attached hydrogens (tertiary/aromatic N) is 2. The first kappa shape index (κ1) is 10.2. The predicted octanol–water partition coefficient (Wildman–Crippen LogP) is 3.20. The lowest BCUT2D eigenvalue weighted by molar-refractivity contribution is 0.735. The largest absolute Gasteiger partial charge is 0.328 e. The van der Waals surface area contributed by atoms with E-state index in [4.69, 9.17) is 0 Å². The molecule has 2 nitrogen and oxygen atoms in total. The minimum Gasteiger partial charge on any atom is -0.328 e. The highest BCUT2D eigenvalue weighted by molar-refractivity contribution is 5.51. The fourth-order valence-corrected chi connectivity index (χ4v) is 2.24. The van der Waals surface area contributed by atoms with Crippen LogP contribution in [0.1, 0.15) is 31.5 Å². The summed E-state index contributed by atoms with van der Waals surface area (Å²) in [5.74, 6) is 1.09. The molecule has 0 aliphatic carbocycles. The molecular weight excluding hydrogens is 184 g/mol. The van der Waals surface area contributed by atoms with Crippen LogP contribution in [0.2, 0.25) is 0 Å². The third kappa shape index (κ3) is 1.89. The van der Waals surface area contributed by atoms with Crippen molar-refractivity contribution in [3.05, 3.63) is 35.2 Å². The molecule has 1 atom stereocenters. The zero-order valence-electron chi connectivity index (χ0n) is 9.91. The fraction of sp³-hybridized carbons (Fsp3) is 0.462. The Kier molecular flexibility index (Phi) is 2.51. The first-order chi connectivity index (χ1) is 7.08. The summed E-state index contributed by atoms with van der Waals surface area (Å²) in [4.78, 5) is 6.92. The number of hydrogen-bond donors (Lipinski definition) is 0. The lowest BCUT2D eigenvalue weighted by atomic mass is 10.2. The number of aryl methyl sites for hydroxylation is 2. The van der Waals surface area contributed by atoms with Gasteiger partial charge in [-0.15, -0.1) is 0 Å². The molecule has 1 aliphatic heterocycles. The van der Waals surface area contributed by atoms with E-state index in [0.717, 1.165) is 17.9 Å². The van der Waals surface area contributed by atoms with E-state index in [1.165, 1.54) is 11.3 Å². The first-order valence-corrected chi connectivity index (χ1v) is 5.49. The highest BCUT2D eigenvalue weighted by Gasteiger charge is 2.21. The van der Waals surface area contributed by atoms with E-state index >= 15 is 0 Å². The van der Waals surface area contributed by atoms with Gasteiger partial charge in [0.1, 0.15) is 5.82 Å². The van der Waals surface area contributed by atoms with Gasteiger partial charge in [0.2, 0.25) is 0 Å². The van der Waals surface area contributed by atoms with Crippen molar-refractivity contribution in [3.8, 4) is 0 Å². The smallest absolute Gasteiger partial charge is 0.133 e. The number of allylic oxidation sites excluding steroid dienone is 1. The molecule has 1 unspecified atom stereocenters. The Balaban J connectivity index is 2.40. The SMILES string of the molecule is CC1=CCC(C)N1c1cc(C)cc(C)n1. The van der Waals surface area contributed by atoms with Crippen LogP contribution in [-0.4, -0.2) is 11.0 Å². The molecule has 0 spiro atoms. The van der Waals surface area contributed by atoms with Gasteiger partial charge in [0, 0.05) is 17.4 Å². The zero-order valence-corrected chi connectivity index (χ0v) is 9.91. The van der Waals surface area contributed by atoms with Crippen molar-refractivity contribution >= 4 is 5.82 Å². The molecule has 80 valence electrons. The van der Waals surface area contributed by atoms with E-state index in [-0.39, 0.29) is 0 Å². The summed E-state index contributed by atoms with van der Waals surface area (Å²) in [7, 11) is 0. The monoisotopic (exact) mass is 202 g/mol. The fourth-order valence-electron chi connectivity index (χ4n) is 2.24. The van der Waals surface area contributed by atoms with Crippen LogP contribution in [0.4, 0.5) is 5.82 Å². The maximum atomic E-state index is 4.60. The molecule has 1 aliphatic rings. The Labute approximate surface area is 91.6 Å². The molecule has 0 radical (unpaired) electrons. The van der Waals surface area contributed by atoms with Crippen LogP contribution in [0, 0.1) is 13.8 Å². The van der Waals surface area contributed by atoms with E-state index in [0.29, 0.717) is 6.04 Å². The summed E-state index contributed by atoms with van der Waals surface area (Å²) in [5, 5.41) is 0. The van der Waals surface area contributed by atoms with Gasteiger partial charge in [-0.25, -0.2) is 4.98 Å². The second-order valence-corrected chi connectivity index (χ2v) is 4.44. The molecule has 0 saturated heterocycles.